The van der Waals surface area contributed by atoms with E-state index in [1.807, 2.05) is 11.8 Å². The van der Waals surface area contributed by atoms with Crippen molar-refractivity contribution in [3.63, 3.8) is 0 Å². The van der Waals surface area contributed by atoms with Gasteiger partial charge in [-0.1, -0.05) is 11.6 Å². The predicted octanol–water partition coefficient (Wildman–Crippen LogP) is 6.64. The van der Waals surface area contributed by atoms with Gasteiger partial charge in [0, 0.05) is 23.7 Å². The van der Waals surface area contributed by atoms with E-state index in [0.29, 0.717) is 6.54 Å². The van der Waals surface area contributed by atoms with E-state index in [9.17, 15) is 17.6 Å². The van der Waals surface area contributed by atoms with Gasteiger partial charge in [0.15, 0.2) is 5.82 Å². The molecule has 4 nitrogen and oxygen atoms in total. The highest BCUT2D eigenvalue weighted by Gasteiger charge is 2.38. The van der Waals surface area contributed by atoms with Gasteiger partial charge >= 0.3 is 12.3 Å². The second kappa shape index (κ2) is 8.10. The minimum absolute atomic E-state index is 0.0284. The van der Waals surface area contributed by atoms with E-state index in [1.165, 1.54) is 26.0 Å². The zero-order valence-electron chi connectivity index (χ0n) is 17.6. The van der Waals surface area contributed by atoms with Gasteiger partial charge < -0.3 is 4.90 Å². The number of hydrogen-bond acceptors (Lipinski definition) is 4. The molecule has 1 fully saturated rings. The number of rotatable bonds is 2. The first-order valence-corrected chi connectivity index (χ1v) is 10.5. The van der Waals surface area contributed by atoms with Crippen LogP contribution in [0.1, 0.15) is 43.0 Å². The van der Waals surface area contributed by atoms with Crippen LogP contribution in [-0.2, 0) is 6.18 Å². The fourth-order valence-corrected chi connectivity index (χ4v) is 4.66. The summed E-state index contributed by atoms with van der Waals surface area (Å²) in [5.74, 6) is -0.987. The number of halogens is 6. The van der Waals surface area contributed by atoms with Crippen molar-refractivity contribution in [3.05, 3.63) is 45.9 Å². The normalized spacial score (nSPS) is 17.3. The van der Waals surface area contributed by atoms with Crippen molar-refractivity contribution in [2.45, 2.75) is 52.3 Å². The van der Waals surface area contributed by atoms with Crippen LogP contribution in [0.2, 0.25) is 5.02 Å². The zero-order chi connectivity index (χ0) is 23.4. The number of anilines is 1. The molecule has 170 valence electrons. The van der Waals surface area contributed by atoms with E-state index >= 15 is 4.39 Å². The third kappa shape index (κ3) is 3.87. The van der Waals surface area contributed by atoms with Gasteiger partial charge in [-0.05, 0) is 57.7 Å². The van der Waals surface area contributed by atoms with Gasteiger partial charge in [-0.15, -0.1) is 0 Å². The highest BCUT2D eigenvalue weighted by Crippen LogP contribution is 2.44. The number of pyridine rings is 1. The average Bonchev–Trinajstić information content (AvgIpc) is 2.67. The number of piperidine rings is 1. The molecule has 0 saturated carbocycles. The summed E-state index contributed by atoms with van der Waals surface area (Å²) in [7, 11) is 0. The van der Waals surface area contributed by atoms with Gasteiger partial charge in [0.05, 0.1) is 21.8 Å². The van der Waals surface area contributed by atoms with Crippen molar-refractivity contribution in [1.29, 1.82) is 0 Å². The second-order valence-corrected chi connectivity index (χ2v) is 8.51. The smallest absolute Gasteiger partial charge is 0.353 e. The third-order valence-electron chi connectivity index (χ3n) is 5.78. The average molecular weight is 471 g/mol. The molecule has 1 atom stereocenters. The number of fused-ring (bicyclic) bond motifs is 1. The molecule has 10 heteroatoms. The fraction of sp³-hybridized carbons (Fsp3) is 0.409. The van der Waals surface area contributed by atoms with Crippen LogP contribution < -0.4 is 4.90 Å². The molecule has 0 bridgehead atoms. The summed E-state index contributed by atoms with van der Waals surface area (Å²) in [5.41, 5.74) is -2.59. The SMILES string of the molecule is Cc1cc(C)c(C(F)(F)F)c(-c2c(Cl)cc3c(N4CCCC[C@@H]4C)nc(F)nc3c2F)n1. The number of hydrogen-bond donors (Lipinski definition) is 0. The lowest BCUT2D eigenvalue weighted by atomic mass is 9.98. The number of nitrogens with zero attached hydrogens (tertiary/aromatic N) is 4. The van der Waals surface area contributed by atoms with Crippen molar-refractivity contribution < 1.29 is 22.0 Å². The van der Waals surface area contributed by atoms with E-state index < -0.39 is 40.4 Å². The molecule has 3 heterocycles. The Balaban J connectivity index is 2.03. The Hall–Kier alpha value is -2.55. The van der Waals surface area contributed by atoms with E-state index in [4.69, 9.17) is 11.6 Å². The topological polar surface area (TPSA) is 41.9 Å². The third-order valence-corrected chi connectivity index (χ3v) is 6.07. The summed E-state index contributed by atoms with van der Waals surface area (Å²) >= 11 is 6.34. The van der Waals surface area contributed by atoms with Crippen LogP contribution in [0.4, 0.5) is 27.8 Å². The Kier molecular flexibility index (Phi) is 5.73. The van der Waals surface area contributed by atoms with Crippen LogP contribution in [0.3, 0.4) is 0 Å². The molecule has 0 unspecified atom stereocenters. The first kappa shape index (κ1) is 22.6. The molecule has 0 spiro atoms. The highest BCUT2D eigenvalue weighted by atomic mass is 35.5. The Morgan fingerprint density at radius 2 is 1.78 bits per heavy atom. The van der Waals surface area contributed by atoms with Gasteiger partial charge in [0.1, 0.15) is 11.3 Å². The minimum Gasteiger partial charge on any atom is -0.353 e. The Morgan fingerprint density at radius 1 is 1.06 bits per heavy atom. The molecule has 1 aliphatic heterocycles. The Morgan fingerprint density at radius 3 is 2.44 bits per heavy atom. The molecule has 1 aromatic carbocycles. The molecule has 0 radical (unpaired) electrons. The van der Waals surface area contributed by atoms with Crippen LogP contribution in [0.25, 0.3) is 22.2 Å². The first-order chi connectivity index (χ1) is 15.0. The van der Waals surface area contributed by atoms with Crippen molar-refractivity contribution in [3.8, 4) is 11.3 Å². The maximum absolute atomic E-state index is 15.7. The number of benzene rings is 1. The van der Waals surface area contributed by atoms with Crippen molar-refractivity contribution >= 4 is 28.3 Å². The molecule has 4 rings (SSSR count). The quantitative estimate of drug-likeness (QED) is 0.311. The van der Waals surface area contributed by atoms with Crippen LogP contribution in [-0.4, -0.2) is 27.5 Å². The molecule has 32 heavy (non-hydrogen) atoms. The van der Waals surface area contributed by atoms with Gasteiger partial charge in [0.2, 0.25) is 0 Å². The molecular formula is C22H20ClF5N4. The van der Waals surface area contributed by atoms with E-state index in [1.54, 1.807) is 0 Å². The number of alkyl halides is 3. The maximum Gasteiger partial charge on any atom is 0.418 e. The van der Waals surface area contributed by atoms with E-state index in [2.05, 4.69) is 15.0 Å². The molecule has 2 aromatic heterocycles. The summed E-state index contributed by atoms with van der Waals surface area (Å²) in [6, 6.07) is 2.59. The monoisotopic (exact) mass is 470 g/mol. The molecule has 1 aliphatic rings. The van der Waals surface area contributed by atoms with Gasteiger partial charge in [-0.25, -0.2) is 4.39 Å². The lowest BCUT2D eigenvalue weighted by Crippen LogP contribution is -2.38. The van der Waals surface area contributed by atoms with Crippen molar-refractivity contribution in [2.75, 3.05) is 11.4 Å². The standard InChI is InChI=1S/C22H20ClF5N4/c1-10-8-11(2)29-19(16(10)22(26,27)28)15-14(23)9-13-18(17(15)24)30-21(25)31-20(13)32-7-5-4-6-12(32)3/h8-9,12H,4-7H2,1-3H3/t12-/m0/s1. The summed E-state index contributed by atoms with van der Waals surface area (Å²) in [5, 5.41) is -0.136. The highest BCUT2D eigenvalue weighted by molar-refractivity contribution is 6.34. The molecule has 1 saturated heterocycles. The first-order valence-electron chi connectivity index (χ1n) is 10.2. The van der Waals surface area contributed by atoms with Gasteiger partial charge in [-0.2, -0.15) is 27.5 Å². The fourth-order valence-electron chi connectivity index (χ4n) is 4.38. The summed E-state index contributed by atoms with van der Waals surface area (Å²) in [6.07, 6.45) is -3.25. The molecule has 0 amide bonds. The van der Waals surface area contributed by atoms with Crippen molar-refractivity contribution in [2.24, 2.45) is 0 Å². The van der Waals surface area contributed by atoms with Gasteiger partial charge in [0.25, 0.3) is 0 Å². The lowest BCUT2D eigenvalue weighted by Gasteiger charge is -2.35. The molecule has 0 aliphatic carbocycles. The van der Waals surface area contributed by atoms with E-state index in [0.717, 1.165) is 19.3 Å². The van der Waals surface area contributed by atoms with Crippen LogP contribution >= 0.6 is 11.6 Å². The minimum atomic E-state index is -4.80. The largest absolute Gasteiger partial charge is 0.418 e. The number of aryl methyl sites for hydroxylation is 2. The van der Waals surface area contributed by atoms with Gasteiger partial charge in [-0.3, -0.25) is 4.98 Å². The second-order valence-electron chi connectivity index (χ2n) is 8.10. The number of aromatic nitrogens is 3. The predicted molar refractivity (Wildman–Crippen MR) is 113 cm³/mol. The molecular weight excluding hydrogens is 451 g/mol. The zero-order valence-corrected chi connectivity index (χ0v) is 18.4. The van der Waals surface area contributed by atoms with Crippen molar-refractivity contribution in [1.82, 2.24) is 15.0 Å². The van der Waals surface area contributed by atoms with Crippen LogP contribution in [0.15, 0.2) is 12.1 Å². The Bertz CT molecular complexity index is 1210. The van der Waals surface area contributed by atoms with Crippen LogP contribution in [0, 0.1) is 25.7 Å². The summed E-state index contributed by atoms with van der Waals surface area (Å²) in [4.78, 5) is 13.2. The summed E-state index contributed by atoms with van der Waals surface area (Å²) in [6.45, 7) is 5.31. The molecule has 0 N–H and O–H groups in total. The van der Waals surface area contributed by atoms with Crippen LogP contribution in [0.5, 0.6) is 0 Å². The summed E-state index contributed by atoms with van der Waals surface area (Å²) < 4.78 is 71.5. The molecule has 3 aromatic rings. The lowest BCUT2D eigenvalue weighted by molar-refractivity contribution is -0.137. The Labute approximate surface area is 186 Å². The maximum atomic E-state index is 15.7. The van der Waals surface area contributed by atoms with E-state index in [-0.39, 0.29) is 33.5 Å².